The van der Waals surface area contributed by atoms with E-state index in [9.17, 15) is 22.8 Å². The fourth-order valence-corrected chi connectivity index (χ4v) is 1.77. The summed E-state index contributed by atoms with van der Waals surface area (Å²) in [4.78, 5) is 22.4. The molecule has 150 valence electrons. The van der Waals surface area contributed by atoms with Crippen LogP contribution in [0.15, 0.2) is 0 Å². The summed E-state index contributed by atoms with van der Waals surface area (Å²) in [7, 11) is -5.93. The number of rotatable bonds is 5. The maximum atomic E-state index is 11.4. The molecule has 0 saturated heterocycles. The Morgan fingerprint density at radius 2 is 1.64 bits per heavy atom. The number of ether oxygens (including phenoxy) is 1. The van der Waals surface area contributed by atoms with Gasteiger partial charge in [0.25, 0.3) is 0 Å². The predicted molar refractivity (Wildman–Crippen MR) is 85.2 cm³/mol. The number of carboxylic acids is 1. The number of aliphatic carboxylic acids is 1. The van der Waals surface area contributed by atoms with Gasteiger partial charge >= 0.3 is 17.6 Å². The Balaban J connectivity index is 0. The molecule has 0 heterocycles. The molecule has 8 nitrogen and oxygen atoms in total. The van der Waals surface area contributed by atoms with E-state index in [4.69, 9.17) is 22.8 Å². The lowest BCUT2D eigenvalue weighted by molar-refractivity contribution is -0.139. The van der Waals surface area contributed by atoms with E-state index < -0.39 is 39.3 Å². The van der Waals surface area contributed by atoms with E-state index in [1.807, 2.05) is 12.5 Å². The second kappa shape index (κ2) is 10.1. The molecule has 0 radical (unpaired) electrons. The van der Waals surface area contributed by atoms with Crippen LogP contribution in [-0.4, -0.2) is 65.6 Å². The molecule has 25 heavy (non-hydrogen) atoms. The van der Waals surface area contributed by atoms with Crippen LogP contribution in [-0.2, 0) is 30.5 Å². The fourth-order valence-electron chi connectivity index (χ4n) is 1.06. The second-order valence-corrected chi connectivity index (χ2v) is 9.67. The number of carbonyl (C=O) groups excluding carboxylic acids is 1. The fraction of sp³-hybridized carbons (Fsp3) is 0.833. The minimum atomic E-state index is -6.09. The van der Waals surface area contributed by atoms with Crippen molar-refractivity contribution in [2.75, 3.05) is 18.3 Å². The van der Waals surface area contributed by atoms with Crippen molar-refractivity contribution in [2.45, 2.75) is 44.3 Å². The van der Waals surface area contributed by atoms with E-state index in [1.165, 1.54) is 0 Å². The van der Waals surface area contributed by atoms with E-state index in [1.54, 1.807) is 20.8 Å². The summed E-state index contributed by atoms with van der Waals surface area (Å²) in [5.74, 6) is -0.256. The van der Waals surface area contributed by atoms with Crippen molar-refractivity contribution in [2.24, 2.45) is 0 Å². The normalized spacial score (nSPS) is 13.5. The van der Waals surface area contributed by atoms with Gasteiger partial charge in [-0.3, -0.25) is 0 Å². The molecule has 2 N–H and O–H groups in total. The number of carboxylic acid groups (broad SMARTS) is 1. The van der Waals surface area contributed by atoms with E-state index in [0.717, 1.165) is 5.75 Å². The van der Waals surface area contributed by atoms with E-state index in [-0.39, 0.29) is 10.9 Å². The highest BCUT2D eigenvalue weighted by Gasteiger charge is 2.36. The number of carbonyl (C=O) groups is 2. The lowest BCUT2D eigenvalue weighted by Gasteiger charge is -2.21. The molecule has 0 saturated carbocycles. The maximum absolute atomic E-state index is 11.4. The van der Waals surface area contributed by atoms with Gasteiger partial charge in [-0.15, -0.1) is 0 Å². The van der Waals surface area contributed by atoms with Gasteiger partial charge in [0.2, 0.25) is 0 Å². The van der Waals surface area contributed by atoms with Crippen molar-refractivity contribution >= 4 is 33.1 Å². The Bertz CT molecular complexity index is 542. The Hall–Kier alpha value is -1.21. The van der Waals surface area contributed by atoms with Gasteiger partial charge in [0.1, 0.15) is 17.4 Å². The zero-order valence-corrected chi connectivity index (χ0v) is 16.0. The molecule has 1 atom stereocenters. The first-order valence-corrected chi connectivity index (χ1v) is 10.3. The smallest absolute Gasteiger partial charge is 0.485 e. The highest BCUT2D eigenvalue weighted by atomic mass is 32.2. The van der Waals surface area contributed by atoms with E-state index in [0.29, 0.717) is 6.42 Å². The topological polar surface area (TPSA) is 133 Å². The van der Waals surface area contributed by atoms with Gasteiger partial charge in [-0.1, -0.05) is 0 Å². The van der Waals surface area contributed by atoms with E-state index in [2.05, 4.69) is 5.32 Å². The highest BCUT2D eigenvalue weighted by molar-refractivity contribution is 7.95. The quantitative estimate of drug-likeness (QED) is 0.394. The molecule has 0 fully saturated rings. The summed E-state index contributed by atoms with van der Waals surface area (Å²) < 4.78 is 63.9. The van der Waals surface area contributed by atoms with Gasteiger partial charge < -0.3 is 19.7 Å². The van der Waals surface area contributed by atoms with Crippen LogP contribution in [0.5, 0.6) is 0 Å². The standard InChI is InChI=1S/C11H21NO4S.CHF3O3S/c1-11(2,3)16-10(15)12-8(9(13)14)6-7-17(4)5;2-1(3,4)8(5,6)7/h8H,6-7H2,1-5H3,(H-,12,13,14,15);(H,5,6,7)/t8-;/m0./s1. The number of alkyl carbamates (subject to hydrolysis) is 1. The van der Waals surface area contributed by atoms with Crippen molar-refractivity contribution in [3.05, 3.63) is 0 Å². The number of amides is 1. The molecule has 0 aliphatic carbocycles. The zero-order chi connectivity index (χ0) is 20.6. The molecule has 0 rings (SSSR count). The summed E-state index contributed by atoms with van der Waals surface area (Å²) >= 11 is 0. The Labute approximate surface area is 147 Å². The van der Waals surface area contributed by atoms with Crippen LogP contribution < -0.4 is 5.32 Å². The molecular weight excluding hydrogens is 391 g/mol. The predicted octanol–water partition coefficient (Wildman–Crippen LogP) is 1.28. The first-order valence-electron chi connectivity index (χ1n) is 6.65. The van der Waals surface area contributed by atoms with Crippen LogP contribution in [0.1, 0.15) is 27.2 Å². The first-order chi connectivity index (χ1) is 10.9. The molecule has 13 heteroatoms. The number of nitrogens with one attached hydrogen (secondary N) is 1. The molecule has 0 aliphatic heterocycles. The van der Waals surface area contributed by atoms with Gasteiger partial charge in [-0.2, -0.15) is 13.2 Å². The van der Waals surface area contributed by atoms with Crippen molar-refractivity contribution in [1.82, 2.24) is 5.32 Å². The first kappa shape index (κ1) is 26.0. The number of halogens is 3. The minimum Gasteiger partial charge on any atom is -0.741 e. The average molecular weight is 413 g/mol. The van der Waals surface area contributed by atoms with Gasteiger partial charge in [0.05, 0.1) is 12.5 Å². The van der Waals surface area contributed by atoms with Gasteiger partial charge in [-0.05, 0) is 31.7 Å². The van der Waals surface area contributed by atoms with Crippen LogP contribution >= 0.6 is 0 Å². The molecule has 0 aliphatic rings. The SMILES string of the molecule is C[S+](C)CC[C@H](NC(=O)OC(C)(C)C)C(=O)O.O=S(=O)([O-])C(F)(F)F. The third-order valence-corrected chi connectivity index (χ3v) is 3.71. The lowest BCUT2D eigenvalue weighted by atomic mass is 10.2. The number of alkyl halides is 3. The van der Waals surface area contributed by atoms with E-state index >= 15 is 0 Å². The maximum Gasteiger partial charge on any atom is 0.485 e. The van der Waals surface area contributed by atoms with Crippen LogP contribution in [0.2, 0.25) is 0 Å². The molecule has 0 spiro atoms. The second-order valence-electron chi connectivity index (χ2n) is 5.92. The lowest BCUT2D eigenvalue weighted by Crippen LogP contribution is -2.44. The average Bonchev–Trinajstić information content (AvgIpc) is 2.29. The Morgan fingerprint density at radius 1 is 1.24 bits per heavy atom. The van der Waals surface area contributed by atoms with Crippen LogP contribution in [0.3, 0.4) is 0 Å². The summed E-state index contributed by atoms with van der Waals surface area (Å²) in [5.41, 5.74) is -6.26. The van der Waals surface area contributed by atoms with Crippen molar-refractivity contribution in [3.63, 3.8) is 0 Å². The molecule has 0 bridgehead atoms. The summed E-state index contributed by atoms with van der Waals surface area (Å²) in [5, 5.41) is 11.3. The molecule has 0 aromatic rings. The summed E-state index contributed by atoms with van der Waals surface area (Å²) in [6.07, 6.45) is 3.81. The van der Waals surface area contributed by atoms with Crippen LogP contribution in [0.25, 0.3) is 0 Å². The number of hydrogen-bond donors (Lipinski definition) is 2. The van der Waals surface area contributed by atoms with Gasteiger partial charge in [-0.25, -0.2) is 18.0 Å². The summed E-state index contributed by atoms with van der Waals surface area (Å²) in [6, 6.07) is -0.875. The zero-order valence-electron chi connectivity index (χ0n) is 14.3. The van der Waals surface area contributed by atoms with Gasteiger partial charge in [0, 0.05) is 6.42 Å². The highest BCUT2D eigenvalue weighted by Crippen LogP contribution is 2.20. The van der Waals surface area contributed by atoms with Crippen molar-refractivity contribution in [3.8, 4) is 0 Å². The molecule has 0 unspecified atom stereocenters. The molecular formula is C12H22F3NO7S2. The Morgan fingerprint density at radius 3 is 1.88 bits per heavy atom. The Kier molecular flexibility index (Phi) is 10.5. The monoisotopic (exact) mass is 413 g/mol. The molecule has 0 aromatic heterocycles. The largest absolute Gasteiger partial charge is 0.741 e. The summed E-state index contributed by atoms with van der Waals surface area (Å²) in [6.45, 7) is 5.20. The third kappa shape index (κ3) is 14.8. The third-order valence-electron chi connectivity index (χ3n) is 2.09. The minimum absolute atomic E-state index is 0.158. The molecule has 0 aromatic carbocycles. The van der Waals surface area contributed by atoms with Crippen LogP contribution in [0, 0.1) is 0 Å². The molecule has 1 amide bonds. The van der Waals surface area contributed by atoms with Crippen molar-refractivity contribution < 1.29 is 45.6 Å². The van der Waals surface area contributed by atoms with Crippen LogP contribution in [0.4, 0.5) is 18.0 Å². The van der Waals surface area contributed by atoms with Crippen molar-refractivity contribution in [1.29, 1.82) is 0 Å². The van der Waals surface area contributed by atoms with Gasteiger partial charge in [0.15, 0.2) is 10.1 Å². The number of hydrogen-bond acceptors (Lipinski definition) is 6.